The van der Waals surface area contributed by atoms with Crippen LogP contribution in [0.4, 0.5) is 0 Å². The molecule has 4 rings (SSSR count). The summed E-state index contributed by atoms with van der Waals surface area (Å²) >= 11 is 4.08. The van der Waals surface area contributed by atoms with Gasteiger partial charge in [-0.3, -0.25) is 0 Å². The van der Waals surface area contributed by atoms with Crippen molar-refractivity contribution in [3.63, 3.8) is 0 Å². The maximum Gasteiger partial charge on any atom is 0.0347 e. The summed E-state index contributed by atoms with van der Waals surface area (Å²) in [4.78, 5) is 6.30. The minimum absolute atomic E-state index is 0.665. The molecule has 0 atom stereocenters. The van der Waals surface area contributed by atoms with Crippen molar-refractivity contribution in [2.45, 2.75) is 52.4 Å². The van der Waals surface area contributed by atoms with E-state index in [9.17, 15) is 0 Å². The minimum Gasteiger partial charge on any atom is -0.140 e. The monoisotopic (exact) mass is 300 g/mol. The van der Waals surface area contributed by atoms with Crippen LogP contribution in [0.15, 0.2) is 12.1 Å². The Labute approximate surface area is 129 Å². The van der Waals surface area contributed by atoms with Crippen LogP contribution < -0.4 is 0 Å². The van der Waals surface area contributed by atoms with Crippen LogP contribution in [0.5, 0.6) is 0 Å². The van der Waals surface area contributed by atoms with E-state index in [4.69, 9.17) is 0 Å². The van der Waals surface area contributed by atoms with Crippen LogP contribution in [0.3, 0.4) is 0 Å². The molecule has 0 N–H and O–H groups in total. The van der Waals surface area contributed by atoms with E-state index in [0.29, 0.717) is 11.8 Å². The molecule has 0 amide bonds. The molecule has 0 aromatic carbocycles. The molecule has 0 nitrogen and oxygen atoms in total. The normalized spacial score (nSPS) is 16.3. The highest BCUT2D eigenvalue weighted by Crippen LogP contribution is 2.52. The molecule has 0 unspecified atom stereocenters. The average molecular weight is 300 g/mol. The lowest BCUT2D eigenvalue weighted by atomic mass is 10.1. The predicted molar refractivity (Wildman–Crippen MR) is 91.0 cm³/mol. The smallest absolute Gasteiger partial charge is 0.0347 e. The number of rotatable bonds is 2. The molecule has 0 fully saturated rings. The number of allylic oxidation sites excluding steroid dienone is 2. The molecule has 2 aliphatic carbocycles. The van der Waals surface area contributed by atoms with E-state index in [1.54, 1.807) is 41.8 Å². The van der Waals surface area contributed by atoms with Crippen LogP contribution in [0.1, 0.15) is 70.2 Å². The zero-order valence-corrected chi connectivity index (χ0v) is 14.2. The van der Waals surface area contributed by atoms with Gasteiger partial charge in [-0.2, -0.15) is 0 Å². The van der Waals surface area contributed by atoms with Gasteiger partial charge in [0.15, 0.2) is 0 Å². The van der Waals surface area contributed by atoms with Crippen LogP contribution in [-0.4, -0.2) is 0 Å². The van der Waals surface area contributed by atoms with Gasteiger partial charge in [-0.1, -0.05) is 27.7 Å². The molecular formula is C18H20S2. The Kier molecular flexibility index (Phi) is 2.77. The van der Waals surface area contributed by atoms with Crippen LogP contribution in [0.2, 0.25) is 0 Å². The van der Waals surface area contributed by atoms with Crippen LogP contribution in [0, 0.1) is 0 Å². The highest BCUT2D eigenvalue weighted by Gasteiger charge is 2.33. The summed E-state index contributed by atoms with van der Waals surface area (Å²) < 4.78 is 0. The Morgan fingerprint density at radius 3 is 1.50 bits per heavy atom. The van der Waals surface area contributed by atoms with Gasteiger partial charge < -0.3 is 0 Å². The molecule has 0 aliphatic heterocycles. The fourth-order valence-corrected chi connectivity index (χ4v) is 5.78. The van der Waals surface area contributed by atoms with Gasteiger partial charge in [-0.25, -0.2) is 0 Å². The second-order valence-electron chi connectivity index (χ2n) is 6.63. The molecule has 2 aromatic rings. The van der Waals surface area contributed by atoms with Crippen LogP contribution in [0.25, 0.3) is 11.1 Å². The van der Waals surface area contributed by atoms with E-state index in [1.807, 2.05) is 22.7 Å². The zero-order chi connectivity index (χ0) is 14.0. The van der Waals surface area contributed by atoms with Gasteiger partial charge in [0.05, 0.1) is 0 Å². The molecule has 0 spiro atoms. The van der Waals surface area contributed by atoms with Gasteiger partial charge in [0.25, 0.3) is 0 Å². The van der Waals surface area contributed by atoms with E-state index < -0.39 is 0 Å². The molecule has 20 heavy (non-hydrogen) atoms. The Hall–Kier alpha value is -0.860. The minimum atomic E-state index is 0.665. The molecule has 2 heterocycles. The molecule has 104 valence electrons. The third kappa shape index (κ3) is 1.71. The Morgan fingerprint density at radius 2 is 1.15 bits per heavy atom. The highest BCUT2D eigenvalue weighted by atomic mass is 32.1. The molecule has 0 saturated carbocycles. The maximum atomic E-state index is 2.46. The summed E-state index contributed by atoms with van der Waals surface area (Å²) in [5.74, 6) is 1.33. The summed E-state index contributed by atoms with van der Waals surface area (Å²) in [5, 5.41) is 0. The fraction of sp³-hybridized carbons (Fsp3) is 0.444. The average Bonchev–Trinajstić information content (AvgIpc) is 3.04. The SMILES string of the molecule is CC(C)c1cc2c(s1)C1=C(C2)c2sc(C(C)C)cc2C1. The number of thiophene rings is 2. The van der Waals surface area contributed by atoms with Crippen molar-refractivity contribution in [1.29, 1.82) is 0 Å². The van der Waals surface area contributed by atoms with Crippen molar-refractivity contribution in [1.82, 2.24) is 0 Å². The van der Waals surface area contributed by atoms with Gasteiger partial charge in [0, 0.05) is 32.4 Å². The molecule has 0 radical (unpaired) electrons. The number of hydrogen-bond acceptors (Lipinski definition) is 2. The summed E-state index contributed by atoms with van der Waals surface area (Å²) in [6.07, 6.45) is 2.36. The van der Waals surface area contributed by atoms with Crippen LogP contribution >= 0.6 is 22.7 Å². The van der Waals surface area contributed by atoms with E-state index in [1.165, 1.54) is 12.8 Å². The van der Waals surface area contributed by atoms with Gasteiger partial charge >= 0.3 is 0 Å². The highest BCUT2D eigenvalue weighted by molar-refractivity contribution is 7.15. The number of hydrogen-bond donors (Lipinski definition) is 0. The topological polar surface area (TPSA) is 0 Å². The molecule has 2 aromatic heterocycles. The van der Waals surface area contributed by atoms with Crippen molar-refractivity contribution in [3.8, 4) is 0 Å². The molecule has 0 bridgehead atoms. The summed E-state index contributed by atoms with van der Waals surface area (Å²) in [6.45, 7) is 9.21. The summed E-state index contributed by atoms with van der Waals surface area (Å²) in [7, 11) is 0. The Balaban J connectivity index is 1.75. The van der Waals surface area contributed by atoms with Crippen molar-refractivity contribution in [2.24, 2.45) is 0 Å². The first kappa shape index (κ1) is 12.8. The van der Waals surface area contributed by atoms with Crippen molar-refractivity contribution in [2.75, 3.05) is 0 Å². The van der Waals surface area contributed by atoms with Crippen LogP contribution in [-0.2, 0) is 12.8 Å². The van der Waals surface area contributed by atoms with Gasteiger partial charge in [0.1, 0.15) is 0 Å². The zero-order valence-electron chi connectivity index (χ0n) is 12.5. The first-order valence-corrected chi connectivity index (χ1v) is 9.16. The molecule has 0 saturated heterocycles. The van der Waals surface area contributed by atoms with E-state index in [0.717, 1.165) is 0 Å². The Morgan fingerprint density at radius 1 is 0.750 bits per heavy atom. The van der Waals surface area contributed by atoms with E-state index in [-0.39, 0.29) is 0 Å². The number of fused-ring (bicyclic) bond motifs is 4. The molecular weight excluding hydrogens is 280 g/mol. The lowest BCUT2D eigenvalue weighted by molar-refractivity contribution is 0.888. The van der Waals surface area contributed by atoms with Crippen molar-refractivity contribution < 1.29 is 0 Å². The first-order chi connectivity index (χ1) is 9.54. The largest absolute Gasteiger partial charge is 0.140 e. The fourth-order valence-electron chi connectivity index (χ4n) is 3.27. The predicted octanol–water partition coefficient (Wildman–Crippen LogP) is 6.08. The first-order valence-electron chi connectivity index (χ1n) is 7.52. The molecule has 2 heteroatoms. The van der Waals surface area contributed by atoms with E-state index >= 15 is 0 Å². The van der Waals surface area contributed by atoms with Gasteiger partial charge in [-0.15, -0.1) is 22.7 Å². The van der Waals surface area contributed by atoms with E-state index in [2.05, 4.69) is 39.8 Å². The van der Waals surface area contributed by atoms with Gasteiger partial charge in [-0.05, 0) is 46.2 Å². The third-order valence-electron chi connectivity index (χ3n) is 4.44. The summed E-state index contributed by atoms with van der Waals surface area (Å²) in [6, 6.07) is 4.92. The Bertz CT molecular complexity index is 660. The lowest BCUT2D eigenvalue weighted by Gasteiger charge is -2.02. The quantitative estimate of drug-likeness (QED) is 0.630. The second kappa shape index (κ2) is 4.32. The lowest BCUT2D eigenvalue weighted by Crippen LogP contribution is -1.84. The standard InChI is InChI=1S/C18H20S2/c1-9(2)15-7-11-5-14-13(17(11)19-15)6-12-8-16(10(3)4)20-18(12)14/h7-10H,5-6H2,1-4H3. The van der Waals surface area contributed by atoms with Crippen molar-refractivity contribution >= 4 is 33.8 Å². The summed E-state index contributed by atoms with van der Waals surface area (Å²) in [5.41, 5.74) is 6.48. The second-order valence-corrected chi connectivity index (χ2v) is 8.79. The van der Waals surface area contributed by atoms with Crippen molar-refractivity contribution in [3.05, 3.63) is 42.8 Å². The maximum absolute atomic E-state index is 2.46. The van der Waals surface area contributed by atoms with Gasteiger partial charge in [0.2, 0.25) is 0 Å². The third-order valence-corrected chi connectivity index (χ3v) is 7.52. The molecule has 2 aliphatic rings.